The van der Waals surface area contributed by atoms with Gasteiger partial charge < -0.3 is 11.1 Å². The van der Waals surface area contributed by atoms with Gasteiger partial charge in [0.15, 0.2) is 0 Å². The van der Waals surface area contributed by atoms with Crippen molar-refractivity contribution in [1.29, 1.82) is 0 Å². The van der Waals surface area contributed by atoms with Crippen LogP contribution in [-0.4, -0.2) is 36.0 Å². The molecule has 0 spiro atoms. The minimum atomic E-state index is -0.351. The minimum absolute atomic E-state index is 0.0275. The van der Waals surface area contributed by atoms with Crippen LogP contribution in [0.1, 0.15) is 45.6 Å². The molecule has 3 N–H and O–H groups in total. The number of nitrogens with one attached hydrogen (secondary N) is 1. The van der Waals surface area contributed by atoms with E-state index in [1.807, 2.05) is 13.0 Å². The molecule has 2 rings (SSSR count). The Morgan fingerprint density at radius 3 is 2.88 bits per heavy atom. The summed E-state index contributed by atoms with van der Waals surface area (Å²) in [6.07, 6.45) is 2.75. The number of piperidine rings is 1. The van der Waals surface area contributed by atoms with E-state index in [1.165, 1.54) is 6.07 Å². The molecule has 0 radical (unpaired) electrons. The van der Waals surface area contributed by atoms with Gasteiger partial charge in [0.05, 0.1) is 5.92 Å². The summed E-state index contributed by atoms with van der Waals surface area (Å²) in [4.78, 5) is 15.0. The Morgan fingerprint density at radius 1 is 1.48 bits per heavy atom. The van der Waals surface area contributed by atoms with Gasteiger partial charge in [0, 0.05) is 25.2 Å². The molecular formula is C20H32FN3O. The summed E-state index contributed by atoms with van der Waals surface area (Å²) in [7, 11) is 0. The van der Waals surface area contributed by atoms with E-state index in [1.54, 1.807) is 12.1 Å². The predicted octanol–water partition coefficient (Wildman–Crippen LogP) is 2.92. The zero-order valence-corrected chi connectivity index (χ0v) is 15.7. The SMILES string of the molecule is CC(C)CC(C)(CN)NC(=O)C1CCCN(Cc2cccc(F)c2)C1. The number of likely N-dealkylation sites (tertiary alicyclic amines) is 1. The predicted molar refractivity (Wildman–Crippen MR) is 99.5 cm³/mol. The van der Waals surface area contributed by atoms with Crippen molar-refractivity contribution in [1.82, 2.24) is 10.2 Å². The van der Waals surface area contributed by atoms with Crippen molar-refractivity contribution >= 4 is 5.91 Å². The zero-order valence-electron chi connectivity index (χ0n) is 15.7. The van der Waals surface area contributed by atoms with Gasteiger partial charge in [-0.25, -0.2) is 4.39 Å². The summed E-state index contributed by atoms with van der Waals surface area (Å²) in [5.74, 6) is 0.332. The van der Waals surface area contributed by atoms with Crippen LogP contribution in [0.3, 0.4) is 0 Å². The molecule has 1 fully saturated rings. The van der Waals surface area contributed by atoms with Crippen LogP contribution in [0.4, 0.5) is 4.39 Å². The lowest BCUT2D eigenvalue weighted by molar-refractivity contribution is -0.128. The van der Waals surface area contributed by atoms with E-state index in [4.69, 9.17) is 5.73 Å². The molecule has 2 unspecified atom stereocenters. The maximum atomic E-state index is 13.4. The molecule has 0 aromatic heterocycles. The van der Waals surface area contributed by atoms with Crippen molar-refractivity contribution in [3.05, 3.63) is 35.6 Å². The van der Waals surface area contributed by atoms with E-state index < -0.39 is 0 Å². The third-order valence-corrected chi connectivity index (χ3v) is 4.91. The molecule has 25 heavy (non-hydrogen) atoms. The molecule has 1 heterocycles. The molecule has 0 aliphatic carbocycles. The van der Waals surface area contributed by atoms with Gasteiger partial charge in [-0.1, -0.05) is 26.0 Å². The monoisotopic (exact) mass is 349 g/mol. The summed E-state index contributed by atoms with van der Waals surface area (Å²) in [5, 5.41) is 3.19. The standard InChI is InChI=1S/C20H32FN3O/c1-15(2)11-20(3,14-22)23-19(25)17-7-5-9-24(13-17)12-16-6-4-8-18(21)10-16/h4,6,8,10,15,17H,5,7,9,11-14,22H2,1-3H3,(H,23,25). The molecule has 0 saturated carbocycles. The van der Waals surface area contributed by atoms with Crippen molar-refractivity contribution in [2.24, 2.45) is 17.6 Å². The fourth-order valence-electron chi connectivity index (χ4n) is 3.79. The first kappa shape index (κ1) is 19.9. The van der Waals surface area contributed by atoms with Gasteiger partial charge in [0.2, 0.25) is 5.91 Å². The van der Waals surface area contributed by atoms with Gasteiger partial charge >= 0.3 is 0 Å². The molecule has 1 aliphatic rings. The molecule has 0 bridgehead atoms. The summed E-state index contributed by atoms with van der Waals surface area (Å²) < 4.78 is 13.4. The number of nitrogens with zero attached hydrogens (tertiary/aromatic N) is 1. The second-order valence-corrected chi connectivity index (χ2v) is 8.06. The molecule has 2 atom stereocenters. The summed E-state index contributed by atoms with van der Waals surface area (Å²) in [5.41, 5.74) is 6.52. The average molecular weight is 349 g/mol. The normalized spacial score (nSPS) is 21.1. The number of hydrogen-bond donors (Lipinski definition) is 2. The van der Waals surface area contributed by atoms with Crippen molar-refractivity contribution in [3.8, 4) is 0 Å². The number of carbonyl (C=O) groups is 1. The van der Waals surface area contributed by atoms with Gasteiger partial charge in [-0.2, -0.15) is 0 Å². The van der Waals surface area contributed by atoms with E-state index in [9.17, 15) is 9.18 Å². The molecule has 1 aliphatic heterocycles. The average Bonchev–Trinajstić information content (AvgIpc) is 2.54. The molecule has 4 nitrogen and oxygen atoms in total. The van der Waals surface area contributed by atoms with E-state index in [-0.39, 0.29) is 23.2 Å². The van der Waals surface area contributed by atoms with Crippen molar-refractivity contribution in [2.75, 3.05) is 19.6 Å². The number of rotatable bonds is 7. The van der Waals surface area contributed by atoms with Gasteiger partial charge in [0.1, 0.15) is 5.82 Å². The number of halogens is 1. The minimum Gasteiger partial charge on any atom is -0.349 e. The van der Waals surface area contributed by atoms with Crippen LogP contribution in [0.25, 0.3) is 0 Å². The molecule has 5 heteroatoms. The number of benzene rings is 1. The van der Waals surface area contributed by atoms with E-state index in [0.29, 0.717) is 25.6 Å². The lowest BCUT2D eigenvalue weighted by Crippen LogP contribution is -2.55. The maximum Gasteiger partial charge on any atom is 0.224 e. The Bertz CT molecular complexity index is 578. The van der Waals surface area contributed by atoms with Crippen LogP contribution in [-0.2, 0) is 11.3 Å². The molecular weight excluding hydrogens is 317 g/mol. The Morgan fingerprint density at radius 2 is 2.24 bits per heavy atom. The van der Waals surface area contributed by atoms with Crippen LogP contribution in [0.15, 0.2) is 24.3 Å². The topological polar surface area (TPSA) is 58.4 Å². The molecule has 1 aromatic rings. The Labute approximate surface area is 151 Å². The Balaban J connectivity index is 1.94. The van der Waals surface area contributed by atoms with Gasteiger partial charge in [-0.3, -0.25) is 9.69 Å². The van der Waals surface area contributed by atoms with Crippen molar-refractivity contribution in [3.63, 3.8) is 0 Å². The molecule has 1 aromatic carbocycles. The summed E-state index contributed by atoms with van der Waals surface area (Å²) in [6, 6.07) is 6.69. The first-order chi connectivity index (χ1) is 11.8. The highest BCUT2D eigenvalue weighted by Gasteiger charge is 2.31. The molecule has 140 valence electrons. The van der Waals surface area contributed by atoms with Crippen molar-refractivity contribution < 1.29 is 9.18 Å². The third-order valence-electron chi connectivity index (χ3n) is 4.91. The van der Waals surface area contributed by atoms with Crippen LogP contribution >= 0.6 is 0 Å². The highest BCUT2D eigenvalue weighted by atomic mass is 19.1. The number of nitrogens with two attached hydrogens (primary N) is 1. The second kappa shape index (κ2) is 8.77. The van der Waals surface area contributed by atoms with Crippen LogP contribution in [0, 0.1) is 17.7 Å². The van der Waals surface area contributed by atoms with E-state index in [2.05, 4.69) is 24.1 Å². The summed E-state index contributed by atoms with van der Waals surface area (Å²) in [6.45, 7) is 9.09. The van der Waals surface area contributed by atoms with Crippen LogP contribution in [0.5, 0.6) is 0 Å². The van der Waals surface area contributed by atoms with Gasteiger partial charge in [-0.15, -0.1) is 0 Å². The zero-order chi connectivity index (χ0) is 18.4. The third kappa shape index (κ3) is 6.08. The maximum absolute atomic E-state index is 13.4. The van der Waals surface area contributed by atoms with E-state index >= 15 is 0 Å². The van der Waals surface area contributed by atoms with E-state index in [0.717, 1.165) is 31.4 Å². The van der Waals surface area contributed by atoms with Crippen molar-refractivity contribution in [2.45, 2.75) is 52.1 Å². The largest absolute Gasteiger partial charge is 0.349 e. The lowest BCUT2D eigenvalue weighted by atomic mass is 9.89. The van der Waals surface area contributed by atoms with Crippen LogP contribution < -0.4 is 11.1 Å². The molecule has 1 amide bonds. The van der Waals surface area contributed by atoms with Gasteiger partial charge in [0.25, 0.3) is 0 Å². The quantitative estimate of drug-likeness (QED) is 0.796. The van der Waals surface area contributed by atoms with Gasteiger partial charge in [-0.05, 0) is 56.3 Å². The molecule has 1 saturated heterocycles. The fraction of sp³-hybridized carbons (Fsp3) is 0.650. The smallest absolute Gasteiger partial charge is 0.224 e. The summed E-state index contributed by atoms with van der Waals surface area (Å²) >= 11 is 0. The highest BCUT2D eigenvalue weighted by Crippen LogP contribution is 2.22. The lowest BCUT2D eigenvalue weighted by Gasteiger charge is -2.36. The first-order valence-electron chi connectivity index (χ1n) is 9.30. The first-order valence-corrected chi connectivity index (χ1v) is 9.30. The Kier molecular flexibility index (Phi) is 6.96. The second-order valence-electron chi connectivity index (χ2n) is 8.06. The number of amides is 1. The fourth-order valence-corrected chi connectivity index (χ4v) is 3.79. The number of hydrogen-bond acceptors (Lipinski definition) is 3. The highest BCUT2D eigenvalue weighted by molar-refractivity contribution is 5.79. The number of carbonyl (C=O) groups excluding carboxylic acids is 1. The Hall–Kier alpha value is -1.46. The van der Waals surface area contributed by atoms with Crippen LogP contribution in [0.2, 0.25) is 0 Å².